The normalized spacial score (nSPS) is 22.5. The maximum Gasteiger partial charge on any atom is 0.261 e. The van der Waals surface area contributed by atoms with Crippen LogP contribution in [0.15, 0.2) is 60.7 Å². The van der Waals surface area contributed by atoms with E-state index in [2.05, 4.69) is 95.8 Å². The smallest absolute Gasteiger partial charge is 0.261 e. The molecule has 39 heavy (non-hydrogen) atoms. The lowest BCUT2D eigenvalue weighted by atomic mass is 9.80. The summed E-state index contributed by atoms with van der Waals surface area (Å²) in [6.45, 7) is 11.2. The second-order valence-corrected chi connectivity index (χ2v) is 18.0. The summed E-state index contributed by atoms with van der Waals surface area (Å²) in [6.07, 6.45) is 1.83. The Bertz CT molecular complexity index is 930. The summed E-state index contributed by atoms with van der Waals surface area (Å²) in [5.41, 5.74) is -0.328. The molecule has 1 heterocycles. The van der Waals surface area contributed by atoms with Crippen LogP contribution in [0.3, 0.4) is 0 Å². The fraction of sp³-hybridized carbons (Fsp3) is 0.613. The zero-order valence-corrected chi connectivity index (χ0v) is 26.9. The number of aliphatic hydroxyl groups excluding tert-OH is 2. The molecule has 0 aromatic heterocycles. The molecule has 1 fully saturated rings. The van der Waals surface area contributed by atoms with Gasteiger partial charge in [-0.15, -0.1) is 11.8 Å². The number of benzene rings is 2. The maximum absolute atomic E-state index is 11.1. The SMILES string of the molecule is CC1(C)C(SCCCS)O[C@H](C[C@H](O)CCO[Si](c2ccccc2)(c2ccccc2)C(C)(C)C)C[C@@H]1OCO. The van der Waals surface area contributed by atoms with E-state index in [0.29, 0.717) is 25.9 Å². The molecule has 0 radical (unpaired) electrons. The monoisotopic (exact) mass is 592 g/mol. The molecule has 8 heteroatoms. The van der Waals surface area contributed by atoms with Gasteiger partial charge in [-0.25, -0.2) is 0 Å². The second kappa shape index (κ2) is 14.9. The first-order valence-electron chi connectivity index (χ1n) is 14.1. The van der Waals surface area contributed by atoms with Crippen molar-refractivity contribution in [1.82, 2.24) is 0 Å². The molecule has 4 atom stereocenters. The van der Waals surface area contributed by atoms with Crippen LogP contribution >= 0.6 is 24.4 Å². The van der Waals surface area contributed by atoms with E-state index < -0.39 is 14.4 Å². The van der Waals surface area contributed by atoms with Gasteiger partial charge in [0.15, 0.2) is 0 Å². The fourth-order valence-corrected chi connectivity index (χ4v) is 12.0. The molecular weight excluding hydrogens is 545 g/mol. The lowest BCUT2D eigenvalue weighted by Gasteiger charge is -2.47. The number of thiol groups is 1. The largest absolute Gasteiger partial charge is 0.407 e. The minimum atomic E-state index is -2.64. The van der Waals surface area contributed by atoms with E-state index in [1.807, 2.05) is 12.1 Å². The Morgan fingerprint density at radius 3 is 2.18 bits per heavy atom. The topological polar surface area (TPSA) is 68.2 Å². The van der Waals surface area contributed by atoms with Crippen molar-refractivity contribution in [3.8, 4) is 0 Å². The molecule has 218 valence electrons. The van der Waals surface area contributed by atoms with Crippen molar-refractivity contribution < 1.29 is 24.1 Å². The average molecular weight is 593 g/mol. The second-order valence-electron chi connectivity index (χ2n) is 12.1. The van der Waals surface area contributed by atoms with E-state index >= 15 is 0 Å². The Morgan fingerprint density at radius 1 is 1.08 bits per heavy atom. The third kappa shape index (κ3) is 8.13. The first kappa shape index (κ1) is 32.7. The molecule has 0 spiro atoms. The van der Waals surface area contributed by atoms with Gasteiger partial charge in [-0.2, -0.15) is 12.6 Å². The highest BCUT2D eigenvalue weighted by Gasteiger charge is 2.50. The first-order valence-corrected chi connectivity index (χ1v) is 17.7. The highest BCUT2D eigenvalue weighted by molar-refractivity contribution is 7.99. The van der Waals surface area contributed by atoms with Crippen LogP contribution in [0.1, 0.15) is 60.3 Å². The molecular formula is C31H48O5S2Si. The predicted molar refractivity (Wildman–Crippen MR) is 169 cm³/mol. The summed E-state index contributed by atoms with van der Waals surface area (Å²) >= 11 is 6.11. The molecule has 0 aliphatic carbocycles. The van der Waals surface area contributed by atoms with Gasteiger partial charge < -0.3 is 24.1 Å². The molecule has 5 nitrogen and oxygen atoms in total. The van der Waals surface area contributed by atoms with Gasteiger partial charge in [0, 0.05) is 18.4 Å². The number of rotatable bonds is 14. The highest BCUT2D eigenvalue weighted by Crippen LogP contribution is 2.44. The molecule has 1 aliphatic heterocycles. The van der Waals surface area contributed by atoms with Gasteiger partial charge in [0.05, 0.1) is 18.3 Å². The van der Waals surface area contributed by atoms with Gasteiger partial charge in [0.2, 0.25) is 0 Å². The number of thioether (sulfide) groups is 1. The van der Waals surface area contributed by atoms with Gasteiger partial charge in [-0.1, -0.05) is 95.3 Å². The van der Waals surface area contributed by atoms with Gasteiger partial charge in [-0.3, -0.25) is 0 Å². The number of hydrogen-bond donors (Lipinski definition) is 3. The zero-order chi connectivity index (χ0) is 28.5. The fourth-order valence-electron chi connectivity index (χ4n) is 5.66. The number of ether oxygens (including phenoxy) is 2. The predicted octanol–water partition coefficient (Wildman–Crippen LogP) is 5.23. The van der Waals surface area contributed by atoms with Crippen LogP contribution in [0.4, 0.5) is 0 Å². The van der Waals surface area contributed by atoms with Crippen LogP contribution in [-0.2, 0) is 13.9 Å². The number of hydrogen-bond acceptors (Lipinski definition) is 7. The van der Waals surface area contributed by atoms with Crippen molar-refractivity contribution in [3.63, 3.8) is 0 Å². The maximum atomic E-state index is 11.1. The van der Waals surface area contributed by atoms with Crippen LogP contribution in [0.25, 0.3) is 0 Å². The van der Waals surface area contributed by atoms with Gasteiger partial charge in [0.1, 0.15) is 12.2 Å². The first-order chi connectivity index (χ1) is 18.6. The molecule has 2 N–H and O–H groups in total. The average Bonchev–Trinajstić information content (AvgIpc) is 2.90. The van der Waals surface area contributed by atoms with Crippen LogP contribution in [0.5, 0.6) is 0 Å². The van der Waals surface area contributed by atoms with Crippen LogP contribution in [0, 0.1) is 5.41 Å². The molecule has 0 bridgehead atoms. The third-order valence-corrected chi connectivity index (χ3v) is 14.7. The summed E-state index contributed by atoms with van der Waals surface area (Å²) in [5.74, 6) is 1.79. The van der Waals surface area contributed by atoms with Crippen molar-refractivity contribution >= 4 is 43.1 Å². The molecule has 0 amide bonds. The molecule has 3 rings (SSSR count). The molecule has 1 unspecified atom stereocenters. The van der Waals surface area contributed by atoms with Crippen molar-refractivity contribution in [2.45, 2.75) is 89.1 Å². The lowest BCUT2D eigenvalue weighted by molar-refractivity contribution is -0.187. The van der Waals surface area contributed by atoms with Crippen molar-refractivity contribution in [1.29, 1.82) is 0 Å². The van der Waals surface area contributed by atoms with E-state index in [9.17, 15) is 10.2 Å². The van der Waals surface area contributed by atoms with Gasteiger partial charge in [0.25, 0.3) is 8.32 Å². The molecule has 1 saturated heterocycles. The van der Waals surface area contributed by atoms with Gasteiger partial charge >= 0.3 is 0 Å². The van der Waals surface area contributed by atoms with Crippen molar-refractivity contribution in [3.05, 3.63) is 60.7 Å². The molecule has 2 aromatic carbocycles. The van der Waals surface area contributed by atoms with E-state index in [1.54, 1.807) is 11.8 Å². The molecule has 0 saturated carbocycles. The zero-order valence-electron chi connectivity index (χ0n) is 24.2. The van der Waals surface area contributed by atoms with E-state index in [0.717, 1.165) is 17.9 Å². The van der Waals surface area contributed by atoms with E-state index in [4.69, 9.17) is 13.9 Å². The minimum absolute atomic E-state index is 0.0757. The van der Waals surface area contributed by atoms with Crippen molar-refractivity contribution in [2.75, 3.05) is 24.9 Å². The third-order valence-electron chi connectivity index (χ3n) is 7.80. The summed E-state index contributed by atoms with van der Waals surface area (Å²) in [5, 5.41) is 23.0. The van der Waals surface area contributed by atoms with Crippen LogP contribution < -0.4 is 10.4 Å². The quantitative estimate of drug-likeness (QED) is 0.121. The van der Waals surface area contributed by atoms with E-state index in [1.165, 1.54) is 10.4 Å². The summed E-state index contributed by atoms with van der Waals surface area (Å²) in [4.78, 5) is 0. The standard InChI is InChI=1S/C31H48O5S2Si/c1-30(2,3)39(26-13-8-6-9-14-26,27-15-10-7-11-16-27)35-18-17-24(33)21-25-22-28(34-23-32)31(4,5)29(36-25)38-20-12-19-37/h6-11,13-16,24-25,28-29,32-33,37H,12,17-23H2,1-5H3/t24-,25-,28+,29?/m1/s1. The van der Waals surface area contributed by atoms with Crippen molar-refractivity contribution in [2.24, 2.45) is 5.41 Å². The minimum Gasteiger partial charge on any atom is -0.407 e. The van der Waals surface area contributed by atoms with Gasteiger partial charge in [-0.05, 0) is 46.2 Å². The van der Waals surface area contributed by atoms with Crippen LogP contribution in [0.2, 0.25) is 5.04 Å². The Hall–Kier alpha value is -0.843. The lowest BCUT2D eigenvalue weighted by Crippen LogP contribution is -2.66. The highest BCUT2D eigenvalue weighted by atomic mass is 32.2. The van der Waals surface area contributed by atoms with E-state index in [-0.39, 0.29) is 34.9 Å². The van der Waals surface area contributed by atoms with Crippen LogP contribution in [-0.4, -0.2) is 67.2 Å². The Labute approximate surface area is 246 Å². The molecule has 2 aromatic rings. The number of aliphatic hydroxyl groups is 2. The Balaban J connectivity index is 1.72. The summed E-state index contributed by atoms with van der Waals surface area (Å²) in [6, 6.07) is 21.2. The Morgan fingerprint density at radius 2 is 1.67 bits per heavy atom. The molecule has 1 aliphatic rings. The summed E-state index contributed by atoms with van der Waals surface area (Å²) in [7, 11) is -2.64. The summed E-state index contributed by atoms with van der Waals surface area (Å²) < 4.78 is 19.2. The Kier molecular flexibility index (Phi) is 12.5.